The number of amides is 1. The van der Waals surface area contributed by atoms with Crippen LogP contribution in [-0.4, -0.2) is 50.4 Å². The monoisotopic (exact) mass is 437 g/mol. The second-order valence-electron chi connectivity index (χ2n) is 9.77. The number of methoxy groups -OCH3 is 1. The second-order valence-corrected chi connectivity index (χ2v) is 9.77. The van der Waals surface area contributed by atoms with Gasteiger partial charge in [0.25, 0.3) is 0 Å². The lowest BCUT2D eigenvalue weighted by Gasteiger charge is -2.28. The molecule has 6 heteroatoms. The highest BCUT2D eigenvalue weighted by Crippen LogP contribution is 2.24. The first-order chi connectivity index (χ1) is 15.1. The van der Waals surface area contributed by atoms with Gasteiger partial charge in [-0.1, -0.05) is 50.2 Å². The van der Waals surface area contributed by atoms with Gasteiger partial charge in [-0.2, -0.15) is 0 Å². The average molecular weight is 438 g/mol. The van der Waals surface area contributed by atoms with Crippen LogP contribution < -0.4 is 9.64 Å². The predicted octanol–water partition coefficient (Wildman–Crippen LogP) is 4.72. The van der Waals surface area contributed by atoms with Crippen LogP contribution in [0.3, 0.4) is 0 Å². The molecule has 1 atom stereocenters. The molecule has 0 spiro atoms. The molecule has 2 aromatic carbocycles. The number of hydrogen-bond donors (Lipinski definition) is 0. The Morgan fingerprint density at radius 1 is 1.16 bits per heavy atom. The van der Waals surface area contributed by atoms with Crippen molar-refractivity contribution in [1.82, 2.24) is 4.90 Å². The van der Waals surface area contributed by atoms with Gasteiger partial charge in [0, 0.05) is 39.2 Å². The van der Waals surface area contributed by atoms with E-state index in [1.54, 1.807) is 7.11 Å². The third-order valence-corrected chi connectivity index (χ3v) is 5.42. The van der Waals surface area contributed by atoms with E-state index in [-0.39, 0.29) is 17.4 Å². The van der Waals surface area contributed by atoms with E-state index in [0.717, 1.165) is 28.3 Å². The van der Waals surface area contributed by atoms with Gasteiger partial charge in [-0.05, 0) is 40.8 Å². The molecule has 6 nitrogen and oxygen atoms in total. The lowest BCUT2D eigenvalue weighted by atomic mass is 9.91. The van der Waals surface area contributed by atoms with Crippen LogP contribution in [-0.2, 0) is 16.2 Å². The van der Waals surface area contributed by atoms with Gasteiger partial charge in [0.1, 0.15) is 5.75 Å². The molecule has 0 aromatic heterocycles. The number of rotatable bonds is 8. The van der Waals surface area contributed by atoms with Gasteiger partial charge in [-0.25, -0.2) is 0 Å². The van der Waals surface area contributed by atoms with Crippen molar-refractivity contribution in [3.8, 4) is 5.75 Å². The van der Waals surface area contributed by atoms with Gasteiger partial charge in [0.15, 0.2) is 6.10 Å². The van der Waals surface area contributed by atoms with Crippen molar-refractivity contribution < 1.29 is 14.4 Å². The Balaban J connectivity index is 1.69. The molecule has 0 N–H and O–H groups in total. The summed E-state index contributed by atoms with van der Waals surface area (Å²) in [6, 6.07) is 16.1. The Labute approximate surface area is 191 Å². The zero-order valence-corrected chi connectivity index (χ0v) is 20.1. The maximum absolute atomic E-state index is 13.2. The lowest BCUT2D eigenvalue weighted by Crippen LogP contribution is -2.38. The van der Waals surface area contributed by atoms with Crippen molar-refractivity contribution >= 4 is 17.3 Å². The van der Waals surface area contributed by atoms with Crippen molar-refractivity contribution in [1.29, 1.82) is 0 Å². The number of oxime groups is 1. The summed E-state index contributed by atoms with van der Waals surface area (Å²) in [5.41, 5.74) is 4.06. The summed E-state index contributed by atoms with van der Waals surface area (Å²) >= 11 is 0. The molecule has 0 bridgehead atoms. The third-order valence-electron chi connectivity index (χ3n) is 5.42. The van der Waals surface area contributed by atoms with Crippen LogP contribution in [0.5, 0.6) is 5.75 Å². The number of nitrogens with zero attached hydrogens (tertiary/aromatic N) is 3. The maximum Gasteiger partial charge on any atom is 0.223 e. The Morgan fingerprint density at radius 3 is 2.50 bits per heavy atom. The summed E-state index contributed by atoms with van der Waals surface area (Å²) in [6.07, 6.45) is 0.996. The summed E-state index contributed by atoms with van der Waals surface area (Å²) in [6.45, 7) is 7.26. The average Bonchev–Trinajstić information content (AvgIpc) is 3.21. The van der Waals surface area contributed by atoms with Crippen molar-refractivity contribution in [3.63, 3.8) is 0 Å². The quantitative estimate of drug-likeness (QED) is 0.600. The van der Waals surface area contributed by atoms with Crippen molar-refractivity contribution in [3.05, 3.63) is 59.7 Å². The van der Waals surface area contributed by atoms with Crippen LogP contribution in [0.2, 0.25) is 0 Å². The van der Waals surface area contributed by atoms with Crippen LogP contribution in [0.25, 0.3) is 0 Å². The van der Waals surface area contributed by atoms with Crippen molar-refractivity contribution in [2.75, 3.05) is 32.6 Å². The molecule has 32 heavy (non-hydrogen) atoms. The molecule has 172 valence electrons. The van der Waals surface area contributed by atoms with E-state index >= 15 is 0 Å². The number of benzene rings is 2. The Bertz CT molecular complexity index is 946. The van der Waals surface area contributed by atoms with Crippen molar-refractivity contribution in [2.45, 2.75) is 46.3 Å². The third kappa shape index (κ3) is 6.49. The van der Waals surface area contributed by atoms with Gasteiger partial charge < -0.3 is 19.4 Å². The van der Waals surface area contributed by atoms with E-state index in [1.807, 2.05) is 43.3 Å². The second kappa shape index (κ2) is 10.1. The Hall–Kier alpha value is -3.02. The van der Waals surface area contributed by atoms with E-state index in [1.165, 1.54) is 0 Å². The highest BCUT2D eigenvalue weighted by atomic mass is 16.6. The number of carbonyl (C=O) groups excluding carboxylic acids is 1. The summed E-state index contributed by atoms with van der Waals surface area (Å²) in [7, 11) is 5.69. The number of anilines is 1. The fourth-order valence-electron chi connectivity index (χ4n) is 3.71. The smallest absolute Gasteiger partial charge is 0.223 e. The van der Waals surface area contributed by atoms with E-state index in [4.69, 9.17) is 9.57 Å². The fraction of sp³-hybridized carbons (Fsp3) is 0.462. The Kier molecular flexibility index (Phi) is 7.44. The minimum Gasteiger partial charge on any atom is -0.497 e. The van der Waals surface area contributed by atoms with Crippen LogP contribution in [0.1, 0.15) is 44.7 Å². The normalized spacial score (nSPS) is 15.7. The van der Waals surface area contributed by atoms with Gasteiger partial charge in [0.2, 0.25) is 5.91 Å². The van der Waals surface area contributed by atoms with Crippen molar-refractivity contribution in [2.24, 2.45) is 10.6 Å². The van der Waals surface area contributed by atoms with Gasteiger partial charge in [-0.3, -0.25) is 4.79 Å². The molecular formula is C26H35N3O3. The van der Waals surface area contributed by atoms with Gasteiger partial charge in [0.05, 0.1) is 19.4 Å². The van der Waals surface area contributed by atoms with Crippen LogP contribution >= 0.6 is 0 Å². The van der Waals surface area contributed by atoms with Crippen LogP contribution in [0, 0.1) is 5.41 Å². The van der Waals surface area contributed by atoms with E-state index in [9.17, 15) is 4.79 Å². The standard InChI is InChI=1S/C26H35N3O3/c1-26(2,3)16-25(30)29(17-19-8-7-9-22(14-19)31-6)18-23-15-24(27-32-23)20-10-12-21(13-11-20)28(4)5/h7-14,23H,15-18H2,1-6H3. The molecule has 0 saturated heterocycles. The minimum atomic E-state index is -0.159. The number of carbonyl (C=O) groups is 1. The predicted molar refractivity (Wildman–Crippen MR) is 129 cm³/mol. The molecule has 1 aliphatic heterocycles. The zero-order chi connectivity index (χ0) is 23.3. The topological polar surface area (TPSA) is 54.4 Å². The van der Waals surface area contributed by atoms with E-state index in [0.29, 0.717) is 25.9 Å². The van der Waals surface area contributed by atoms with Crippen LogP contribution in [0.15, 0.2) is 53.7 Å². The molecule has 3 rings (SSSR count). The van der Waals surface area contributed by atoms with E-state index in [2.05, 4.69) is 55.1 Å². The largest absolute Gasteiger partial charge is 0.497 e. The molecule has 1 amide bonds. The zero-order valence-electron chi connectivity index (χ0n) is 20.1. The molecule has 0 saturated carbocycles. The van der Waals surface area contributed by atoms with E-state index < -0.39 is 0 Å². The summed E-state index contributed by atoms with van der Waals surface area (Å²) in [5, 5.41) is 4.33. The van der Waals surface area contributed by atoms with Crippen LogP contribution in [0.4, 0.5) is 5.69 Å². The Morgan fingerprint density at radius 2 is 1.88 bits per heavy atom. The highest BCUT2D eigenvalue weighted by Gasteiger charge is 2.28. The molecule has 0 aliphatic carbocycles. The first-order valence-corrected chi connectivity index (χ1v) is 11.1. The number of hydrogen-bond acceptors (Lipinski definition) is 5. The molecule has 0 fully saturated rings. The molecule has 0 radical (unpaired) electrons. The molecular weight excluding hydrogens is 402 g/mol. The molecule has 1 heterocycles. The van der Waals surface area contributed by atoms with Gasteiger partial charge >= 0.3 is 0 Å². The summed E-state index contributed by atoms with van der Waals surface area (Å²) in [4.78, 5) is 22.9. The first kappa shape index (κ1) is 23.6. The summed E-state index contributed by atoms with van der Waals surface area (Å²) in [5.74, 6) is 0.905. The number of ether oxygens (including phenoxy) is 1. The first-order valence-electron chi connectivity index (χ1n) is 11.1. The minimum absolute atomic E-state index is 0.0872. The highest BCUT2D eigenvalue weighted by molar-refractivity contribution is 6.01. The lowest BCUT2D eigenvalue weighted by molar-refractivity contribution is -0.135. The molecule has 2 aromatic rings. The van der Waals surface area contributed by atoms with Gasteiger partial charge in [-0.15, -0.1) is 0 Å². The maximum atomic E-state index is 13.2. The SMILES string of the molecule is COc1cccc(CN(CC2CC(c3ccc(N(C)C)cc3)=NO2)C(=O)CC(C)(C)C)c1. The summed E-state index contributed by atoms with van der Waals surface area (Å²) < 4.78 is 5.35. The fourth-order valence-corrected chi connectivity index (χ4v) is 3.71. The molecule has 1 unspecified atom stereocenters. The molecule has 1 aliphatic rings.